The second kappa shape index (κ2) is 10.2. The molecule has 1 aromatic heterocycles. The average molecular weight is 462 g/mol. The molecule has 6 nitrogen and oxygen atoms in total. The third-order valence-electron chi connectivity index (χ3n) is 5.91. The molecule has 166 valence electrons. The molecule has 1 saturated carbocycles. The third kappa shape index (κ3) is 6.32. The highest BCUT2D eigenvalue weighted by atomic mass is 35.5. The lowest BCUT2D eigenvalue weighted by Crippen LogP contribution is -2.46. The van der Waals surface area contributed by atoms with E-state index in [9.17, 15) is 4.79 Å². The summed E-state index contributed by atoms with van der Waals surface area (Å²) in [6, 6.07) is 8.95. The van der Waals surface area contributed by atoms with Gasteiger partial charge in [-0.15, -0.1) is 0 Å². The van der Waals surface area contributed by atoms with E-state index < -0.39 is 0 Å². The van der Waals surface area contributed by atoms with Gasteiger partial charge in [-0.3, -0.25) is 9.88 Å². The summed E-state index contributed by atoms with van der Waals surface area (Å²) in [4.78, 5) is 23.8. The van der Waals surface area contributed by atoms with Gasteiger partial charge in [0.05, 0.1) is 21.4 Å². The van der Waals surface area contributed by atoms with Crippen LogP contribution in [0.25, 0.3) is 0 Å². The molecule has 1 aliphatic heterocycles. The van der Waals surface area contributed by atoms with E-state index in [0.717, 1.165) is 49.9 Å². The van der Waals surface area contributed by atoms with Crippen LogP contribution >= 0.6 is 23.2 Å². The molecule has 1 saturated heterocycles. The molecule has 2 aliphatic rings. The molecular formula is C23H29Cl2N5O. The number of benzene rings is 1. The van der Waals surface area contributed by atoms with E-state index in [1.165, 1.54) is 19.4 Å². The number of nitrogens with one attached hydrogen (secondary N) is 1. The van der Waals surface area contributed by atoms with Crippen molar-refractivity contribution in [3.8, 4) is 0 Å². The number of urea groups is 1. The van der Waals surface area contributed by atoms with Gasteiger partial charge >= 0.3 is 6.03 Å². The predicted molar refractivity (Wildman–Crippen MR) is 126 cm³/mol. The van der Waals surface area contributed by atoms with E-state index in [1.54, 1.807) is 30.1 Å². The fourth-order valence-corrected chi connectivity index (χ4v) is 4.32. The predicted octanol–water partition coefficient (Wildman–Crippen LogP) is 4.58. The van der Waals surface area contributed by atoms with E-state index in [0.29, 0.717) is 22.3 Å². The lowest BCUT2D eigenvalue weighted by Gasteiger charge is -2.34. The molecule has 2 heterocycles. The summed E-state index contributed by atoms with van der Waals surface area (Å²) in [5.41, 5.74) is 2.46. The van der Waals surface area contributed by atoms with Crippen LogP contribution in [-0.2, 0) is 13.1 Å². The number of amides is 2. The molecule has 0 bridgehead atoms. The Bertz CT molecular complexity index is 875. The molecule has 2 fully saturated rings. The lowest BCUT2D eigenvalue weighted by molar-refractivity contribution is 0.122. The Hall–Kier alpha value is -1.86. The van der Waals surface area contributed by atoms with Crippen LogP contribution < -0.4 is 5.32 Å². The SMILES string of the molecule is CN(Cc1ccc(CN2CCN(CC3CC3)CC2)nc1)C(=O)Nc1c(Cl)cccc1Cl. The van der Waals surface area contributed by atoms with Crippen LogP contribution in [0.3, 0.4) is 0 Å². The summed E-state index contributed by atoms with van der Waals surface area (Å²) in [5, 5.41) is 3.60. The van der Waals surface area contributed by atoms with Crippen LogP contribution in [0, 0.1) is 5.92 Å². The molecule has 1 aromatic carbocycles. The number of rotatable bonds is 7. The van der Waals surface area contributed by atoms with E-state index in [4.69, 9.17) is 23.2 Å². The minimum Gasteiger partial charge on any atom is -0.323 e. The van der Waals surface area contributed by atoms with Crippen LogP contribution in [0.5, 0.6) is 0 Å². The van der Waals surface area contributed by atoms with Crippen molar-refractivity contribution in [2.45, 2.75) is 25.9 Å². The molecule has 0 unspecified atom stereocenters. The van der Waals surface area contributed by atoms with Crippen LogP contribution in [0.1, 0.15) is 24.1 Å². The van der Waals surface area contributed by atoms with Gasteiger partial charge in [-0.2, -0.15) is 0 Å². The van der Waals surface area contributed by atoms with Gasteiger partial charge in [0.2, 0.25) is 0 Å². The molecule has 2 amide bonds. The normalized spacial score (nSPS) is 17.5. The maximum Gasteiger partial charge on any atom is 0.321 e. The Morgan fingerprint density at radius 1 is 1.10 bits per heavy atom. The minimum atomic E-state index is -0.275. The number of aromatic nitrogens is 1. The number of carbonyl (C=O) groups is 1. The van der Waals surface area contributed by atoms with Crippen LogP contribution in [-0.4, -0.2) is 65.5 Å². The molecule has 0 atom stereocenters. The molecular weight excluding hydrogens is 433 g/mol. The fraction of sp³-hybridized carbons (Fsp3) is 0.478. The summed E-state index contributed by atoms with van der Waals surface area (Å²) in [5.74, 6) is 0.961. The number of carbonyl (C=O) groups excluding carboxylic acids is 1. The number of nitrogens with zero attached hydrogens (tertiary/aromatic N) is 4. The monoisotopic (exact) mass is 461 g/mol. The first-order chi connectivity index (χ1) is 15.0. The molecule has 0 spiro atoms. The smallest absolute Gasteiger partial charge is 0.321 e. The first-order valence-electron chi connectivity index (χ1n) is 10.8. The van der Waals surface area contributed by atoms with E-state index in [2.05, 4.69) is 26.2 Å². The number of hydrogen-bond donors (Lipinski definition) is 1. The summed E-state index contributed by atoms with van der Waals surface area (Å²) >= 11 is 12.3. The van der Waals surface area contributed by atoms with E-state index in [1.807, 2.05) is 12.3 Å². The van der Waals surface area contributed by atoms with Crippen molar-refractivity contribution in [2.24, 2.45) is 5.92 Å². The Balaban J connectivity index is 1.24. The third-order valence-corrected chi connectivity index (χ3v) is 6.54. The largest absolute Gasteiger partial charge is 0.323 e. The maximum absolute atomic E-state index is 12.5. The van der Waals surface area contributed by atoms with Crippen molar-refractivity contribution in [3.63, 3.8) is 0 Å². The molecule has 4 rings (SSSR count). The summed E-state index contributed by atoms with van der Waals surface area (Å²) < 4.78 is 0. The maximum atomic E-state index is 12.5. The quantitative estimate of drug-likeness (QED) is 0.655. The summed E-state index contributed by atoms with van der Waals surface area (Å²) in [7, 11) is 1.73. The van der Waals surface area contributed by atoms with Crippen molar-refractivity contribution >= 4 is 34.9 Å². The average Bonchev–Trinajstić information content (AvgIpc) is 3.57. The highest BCUT2D eigenvalue weighted by Crippen LogP contribution is 2.30. The van der Waals surface area contributed by atoms with E-state index in [-0.39, 0.29) is 6.03 Å². The molecule has 2 aromatic rings. The van der Waals surface area contributed by atoms with Gasteiger partial charge in [0.15, 0.2) is 0 Å². The number of piperazine rings is 1. The second-order valence-electron chi connectivity index (χ2n) is 8.56. The first-order valence-corrected chi connectivity index (χ1v) is 11.6. The van der Waals surface area contributed by atoms with E-state index >= 15 is 0 Å². The fourth-order valence-electron chi connectivity index (χ4n) is 3.83. The lowest BCUT2D eigenvalue weighted by atomic mass is 10.2. The number of pyridine rings is 1. The molecule has 1 aliphatic carbocycles. The van der Waals surface area contributed by atoms with Gasteiger partial charge < -0.3 is 15.1 Å². The summed E-state index contributed by atoms with van der Waals surface area (Å²) in [6.45, 7) is 7.12. The first kappa shape index (κ1) is 22.3. The van der Waals surface area contributed by atoms with Crippen LogP contribution in [0.15, 0.2) is 36.5 Å². The Kier molecular flexibility index (Phi) is 7.33. The number of hydrogen-bond acceptors (Lipinski definition) is 4. The topological polar surface area (TPSA) is 51.7 Å². The molecule has 0 radical (unpaired) electrons. The van der Waals surface area contributed by atoms with Crippen molar-refractivity contribution in [3.05, 3.63) is 57.8 Å². The Morgan fingerprint density at radius 2 is 1.77 bits per heavy atom. The van der Waals surface area contributed by atoms with Crippen molar-refractivity contribution in [1.29, 1.82) is 0 Å². The van der Waals surface area contributed by atoms with Gasteiger partial charge in [-0.1, -0.05) is 35.3 Å². The van der Waals surface area contributed by atoms with Crippen molar-refractivity contribution in [1.82, 2.24) is 19.7 Å². The van der Waals surface area contributed by atoms with Gasteiger partial charge in [0.25, 0.3) is 0 Å². The molecule has 31 heavy (non-hydrogen) atoms. The van der Waals surface area contributed by atoms with Crippen LogP contribution in [0.4, 0.5) is 10.5 Å². The standard InChI is InChI=1S/C23H29Cl2N5O/c1-28(23(31)27-22-20(24)3-2-4-21(22)25)14-18-7-8-19(26-13-18)16-30-11-9-29(10-12-30)15-17-5-6-17/h2-4,7-8,13,17H,5-6,9-12,14-16H2,1H3,(H,27,31). The zero-order valence-electron chi connectivity index (χ0n) is 17.9. The molecule has 1 N–H and O–H groups in total. The van der Waals surface area contributed by atoms with Gasteiger partial charge in [-0.05, 0) is 42.5 Å². The number of halogens is 2. The minimum absolute atomic E-state index is 0.275. The highest BCUT2D eigenvalue weighted by Gasteiger charge is 2.26. The zero-order valence-corrected chi connectivity index (χ0v) is 19.4. The number of para-hydroxylation sites is 1. The van der Waals surface area contributed by atoms with Crippen molar-refractivity contribution < 1.29 is 4.79 Å². The van der Waals surface area contributed by atoms with Gasteiger partial charge in [0, 0.05) is 59.1 Å². The molecule has 8 heteroatoms. The Labute approximate surface area is 194 Å². The van der Waals surface area contributed by atoms with Crippen molar-refractivity contribution in [2.75, 3.05) is 45.1 Å². The van der Waals surface area contributed by atoms with Gasteiger partial charge in [0.1, 0.15) is 0 Å². The van der Waals surface area contributed by atoms with Gasteiger partial charge in [-0.25, -0.2) is 4.79 Å². The second-order valence-corrected chi connectivity index (χ2v) is 9.38. The summed E-state index contributed by atoms with van der Waals surface area (Å²) in [6.07, 6.45) is 4.69. The highest BCUT2D eigenvalue weighted by molar-refractivity contribution is 6.39. The zero-order chi connectivity index (χ0) is 21.8. The Morgan fingerprint density at radius 3 is 2.39 bits per heavy atom. The number of anilines is 1. The van der Waals surface area contributed by atoms with Crippen LogP contribution in [0.2, 0.25) is 10.0 Å².